The summed E-state index contributed by atoms with van der Waals surface area (Å²) in [5.74, 6) is 0.851. The summed E-state index contributed by atoms with van der Waals surface area (Å²) in [6, 6.07) is 1.25. The number of rotatable bonds is 4. The highest BCUT2D eigenvalue weighted by Crippen LogP contribution is 2.33. The van der Waals surface area contributed by atoms with Crippen LogP contribution in [0.2, 0.25) is 0 Å². The van der Waals surface area contributed by atoms with Gasteiger partial charge in [-0.1, -0.05) is 27.2 Å². The van der Waals surface area contributed by atoms with Crippen molar-refractivity contribution >= 4 is 5.91 Å². The monoisotopic (exact) mass is 293 g/mol. The molecule has 3 rings (SSSR count). The van der Waals surface area contributed by atoms with Crippen LogP contribution in [0.3, 0.4) is 0 Å². The molecule has 0 spiro atoms. The summed E-state index contributed by atoms with van der Waals surface area (Å²) in [5.41, 5.74) is 0. The van der Waals surface area contributed by atoms with Gasteiger partial charge in [-0.2, -0.15) is 0 Å². The minimum absolute atomic E-state index is 0.0593. The van der Waals surface area contributed by atoms with E-state index in [0.29, 0.717) is 17.9 Å². The molecule has 4 unspecified atom stereocenters. The first-order valence-corrected chi connectivity index (χ1v) is 8.94. The van der Waals surface area contributed by atoms with E-state index < -0.39 is 0 Å². The van der Waals surface area contributed by atoms with E-state index >= 15 is 0 Å². The van der Waals surface area contributed by atoms with Crippen molar-refractivity contribution in [1.82, 2.24) is 15.1 Å². The Labute approximate surface area is 129 Å². The van der Waals surface area contributed by atoms with Crippen molar-refractivity contribution < 1.29 is 4.79 Å². The molecule has 3 heterocycles. The maximum Gasteiger partial charge on any atom is 0.241 e. The number of fused-ring (bicyclic) bond motifs is 1. The Hall–Kier alpha value is -0.610. The van der Waals surface area contributed by atoms with E-state index in [1.54, 1.807) is 0 Å². The molecule has 1 N–H and O–H groups in total. The minimum atomic E-state index is 0.0593. The number of nitrogens with zero attached hydrogens (tertiary/aromatic N) is 2. The average Bonchev–Trinajstić information content (AvgIpc) is 3.04. The lowest BCUT2D eigenvalue weighted by Gasteiger charge is -2.42. The molecule has 1 amide bonds. The molecule has 0 saturated carbocycles. The highest BCUT2D eigenvalue weighted by atomic mass is 16.2. The topological polar surface area (TPSA) is 35.6 Å². The largest absolute Gasteiger partial charge is 0.322 e. The zero-order chi connectivity index (χ0) is 15.0. The minimum Gasteiger partial charge on any atom is -0.322 e. The van der Waals surface area contributed by atoms with Crippen LogP contribution < -0.4 is 5.32 Å². The maximum atomic E-state index is 12.9. The van der Waals surface area contributed by atoms with Gasteiger partial charge in [0, 0.05) is 18.6 Å². The van der Waals surface area contributed by atoms with Gasteiger partial charge in [-0.3, -0.25) is 10.1 Å². The maximum absolute atomic E-state index is 12.9. The standard InChI is InChI=1S/C17H31N3O/c1-4-6-15-17(21)20(16(18-15)12(2)3)14-8-10-19-9-5-7-13(19)11-14/h12-16,18H,4-11H2,1-3H3. The molecule has 0 aromatic heterocycles. The van der Waals surface area contributed by atoms with Crippen LogP contribution >= 0.6 is 0 Å². The number of hydrogen-bond donors (Lipinski definition) is 1. The highest BCUT2D eigenvalue weighted by molar-refractivity contribution is 5.84. The van der Waals surface area contributed by atoms with Crippen LogP contribution in [0, 0.1) is 5.92 Å². The average molecular weight is 293 g/mol. The van der Waals surface area contributed by atoms with E-state index in [0.717, 1.165) is 25.3 Å². The van der Waals surface area contributed by atoms with Gasteiger partial charge in [-0.25, -0.2) is 0 Å². The summed E-state index contributed by atoms with van der Waals surface area (Å²) in [7, 11) is 0. The molecular formula is C17H31N3O. The number of piperidine rings is 1. The van der Waals surface area contributed by atoms with Crippen LogP contribution in [0.5, 0.6) is 0 Å². The van der Waals surface area contributed by atoms with Crippen molar-refractivity contribution in [3.05, 3.63) is 0 Å². The predicted molar refractivity (Wildman–Crippen MR) is 84.9 cm³/mol. The van der Waals surface area contributed by atoms with Crippen LogP contribution in [0.25, 0.3) is 0 Å². The van der Waals surface area contributed by atoms with Crippen molar-refractivity contribution in [3.8, 4) is 0 Å². The van der Waals surface area contributed by atoms with Gasteiger partial charge in [0.15, 0.2) is 0 Å². The van der Waals surface area contributed by atoms with Crippen molar-refractivity contribution in [2.24, 2.45) is 5.92 Å². The van der Waals surface area contributed by atoms with Crippen LogP contribution in [0.4, 0.5) is 0 Å². The molecule has 4 nitrogen and oxygen atoms in total. The van der Waals surface area contributed by atoms with Gasteiger partial charge in [0.25, 0.3) is 0 Å². The molecule has 3 fully saturated rings. The number of hydrogen-bond acceptors (Lipinski definition) is 3. The number of carbonyl (C=O) groups excluding carboxylic acids is 1. The van der Waals surface area contributed by atoms with E-state index in [1.165, 1.54) is 32.4 Å². The van der Waals surface area contributed by atoms with Crippen molar-refractivity contribution in [2.75, 3.05) is 13.1 Å². The Bertz CT molecular complexity index is 384. The second kappa shape index (κ2) is 6.25. The van der Waals surface area contributed by atoms with Gasteiger partial charge in [-0.05, 0) is 44.6 Å². The molecule has 0 aromatic rings. The molecule has 0 radical (unpaired) electrons. The Morgan fingerprint density at radius 1 is 1.24 bits per heavy atom. The third-order valence-electron chi connectivity index (χ3n) is 5.62. The second-order valence-corrected chi connectivity index (χ2v) is 7.45. The molecule has 3 aliphatic heterocycles. The van der Waals surface area contributed by atoms with Gasteiger partial charge in [0.05, 0.1) is 12.2 Å². The van der Waals surface area contributed by atoms with Crippen molar-refractivity contribution in [3.63, 3.8) is 0 Å². The quantitative estimate of drug-likeness (QED) is 0.863. The Morgan fingerprint density at radius 2 is 2.05 bits per heavy atom. The summed E-state index contributed by atoms with van der Waals surface area (Å²) < 4.78 is 0. The van der Waals surface area contributed by atoms with Crippen LogP contribution in [0.1, 0.15) is 59.3 Å². The fourth-order valence-electron chi connectivity index (χ4n) is 4.55. The lowest BCUT2D eigenvalue weighted by molar-refractivity contribution is -0.134. The Balaban J connectivity index is 1.73. The summed E-state index contributed by atoms with van der Waals surface area (Å²) in [4.78, 5) is 17.7. The number of amides is 1. The smallest absolute Gasteiger partial charge is 0.241 e. The zero-order valence-corrected chi connectivity index (χ0v) is 13.8. The van der Waals surface area contributed by atoms with E-state index in [4.69, 9.17) is 0 Å². The second-order valence-electron chi connectivity index (χ2n) is 7.45. The van der Waals surface area contributed by atoms with Crippen LogP contribution in [-0.2, 0) is 4.79 Å². The van der Waals surface area contributed by atoms with E-state index in [2.05, 4.69) is 35.9 Å². The number of carbonyl (C=O) groups is 1. The summed E-state index contributed by atoms with van der Waals surface area (Å²) >= 11 is 0. The molecule has 4 heteroatoms. The molecule has 120 valence electrons. The fraction of sp³-hybridized carbons (Fsp3) is 0.941. The zero-order valence-electron chi connectivity index (χ0n) is 13.8. The number of nitrogens with one attached hydrogen (secondary N) is 1. The SMILES string of the molecule is CCCC1NC(C(C)C)N(C2CCN3CCCC3C2)C1=O. The fourth-order valence-corrected chi connectivity index (χ4v) is 4.55. The van der Waals surface area contributed by atoms with E-state index in [-0.39, 0.29) is 12.2 Å². The first kappa shape index (κ1) is 15.3. The Kier molecular flexibility index (Phi) is 4.55. The lowest BCUT2D eigenvalue weighted by atomic mass is 9.94. The Morgan fingerprint density at radius 3 is 2.76 bits per heavy atom. The molecular weight excluding hydrogens is 262 g/mol. The van der Waals surface area contributed by atoms with Gasteiger partial charge in [0.1, 0.15) is 0 Å². The van der Waals surface area contributed by atoms with Crippen LogP contribution in [-0.4, -0.2) is 53.1 Å². The predicted octanol–water partition coefficient (Wildman–Crippen LogP) is 2.20. The molecule has 0 aromatic carbocycles. The van der Waals surface area contributed by atoms with E-state index in [9.17, 15) is 4.79 Å². The summed E-state index contributed by atoms with van der Waals surface area (Å²) in [6.45, 7) is 9.09. The first-order valence-electron chi connectivity index (χ1n) is 8.94. The first-order chi connectivity index (χ1) is 10.1. The molecule has 3 saturated heterocycles. The molecule has 4 atom stereocenters. The van der Waals surface area contributed by atoms with Gasteiger partial charge < -0.3 is 9.80 Å². The summed E-state index contributed by atoms with van der Waals surface area (Å²) in [6.07, 6.45) is 7.31. The molecule has 0 aliphatic carbocycles. The van der Waals surface area contributed by atoms with Gasteiger partial charge >= 0.3 is 0 Å². The van der Waals surface area contributed by atoms with Crippen LogP contribution in [0.15, 0.2) is 0 Å². The lowest BCUT2D eigenvalue weighted by Crippen LogP contribution is -2.53. The van der Waals surface area contributed by atoms with Gasteiger partial charge in [-0.15, -0.1) is 0 Å². The highest BCUT2D eigenvalue weighted by Gasteiger charge is 2.45. The third-order valence-corrected chi connectivity index (χ3v) is 5.62. The van der Waals surface area contributed by atoms with Gasteiger partial charge in [0.2, 0.25) is 5.91 Å². The van der Waals surface area contributed by atoms with Crippen molar-refractivity contribution in [2.45, 2.75) is 83.6 Å². The molecule has 0 bridgehead atoms. The normalized spacial score (nSPS) is 37.5. The van der Waals surface area contributed by atoms with E-state index in [1.807, 2.05) is 0 Å². The third kappa shape index (κ3) is 2.85. The van der Waals surface area contributed by atoms with Crippen molar-refractivity contribution in [1.29, 1.82) is 0 Å². The summed E-state index contributed by atoms with van der Waals surface area (Å²) in [5, 5.41) is 3.61. The molecule has 21 heavy (non-hydrogen) atoms. The molecule has 3 aliphatic rings.